The van der Waals surface area contributed by atoms with Gasteiger partial charge in [-0.1, -0.05) is 32.0 Å². The summed E-state index contributed by atoms with van der Waals surface area (Å²) in [5.41, 5.74) is 2.87. The minimum Gasteiger partial charge on any atom is -0.487 e. The number of carbonyl (C=O) groups is 1. The van der Waals surface area contributed by atoms with Gasteiger partial charge in [0.15, 0.2) is 5.75 Å². The van der Waals surface area contributed by atoms with Crippen molar-refractivity contribution in [3.05, 3.63) is 63.2 Å². The van der Waals surface area contributed by atoms with E-state index in [1.807, 2.05) is 32.0 Å². The molecule has 1 N–H and O–H groups in total. The molecule has 6 nitrogen and oxygen atoms in total. The first-order valence-corrected chi connectivity index (χ1v) is 8.35. The Labute approximate surface area is 147 Å². The molecule has 0 fully saturated rings. The second-order valence-electron chi connectivity index (χ2n) is 5.49. The number of nitrogens with zero attached hydrogens (tertiary/aromatic N) is 1. The standard InChI is InChI=1S/C19H22N2O4/c1-4-13-8-7-9-14(5-2)18(13)20-19(22)15-10-11-17(25-6-3)16(12-15)21(23)24/h7-12H,4-6H2,1-3H3,(H,20,22). The zero-order chi connectivity index (χ0) is 18.4. The summed E-state index contributed by atoms with van der Waals surface area (Å²) < 4.78 is 5.25. The number of ether oxygens (including phenoxy) is 1. The van der Waals surface area contributed by atoms with Crippen LogP contribution in [0.5, 0.6) is 5.75 Å². The normalized spacial score (nSPS) is 10.4. The van der Waals surface area contributed by atoms with Crippen molar-refractivity contribution in [1.82, 2.24) is 0 Å². The van der Waals surface area contributed by atoms with Gasteiger partial charge in [-0.15, -0.1) is 0 Å². The monoisotopic (exact) mass is 342 g/mol. The topological polar surface area (TPSA) is 81.5 Å². The van der Waals surface area contributed by atoms with Gasteiger partial charge in [0.05, 0.1) is 11.5 Å². The van der Waals surface area contributed by atoms with Gasteiger partial charge in [0.2, 0.25) is 0 Å². The molecule has 2 aromatic carbocycles. The smallest absolute Gasteiger partial charge is 0.311 e. The predicted octanol–water partition coefficient (Wildman–Crippen LogP) is 4.37. The number of carbonyl (C=O) groups excluding carboxylic acids is 1. The van der Waals surface area contributed by atoms with Gasteiger partial charge in [0.1, 0.15) is 0 Å². The van der Waals surface area contributed by atoms with Crippen LogP contribution in [-0.4, -0.2) is 17.4 Å². The largest absolute Gasteiger partial charge is 0.487 e. The molecule has 0 aliphatic rings. The molecule has 6 heteroatoms. The van der Waals surface area contributed by atoms with E-state index >= 15 is 0 Å². The molecule has 0 atom stereocenters. The molecular weight excluding hydrogens is 320 g/mol. The molecule has 0 saturated heterocycles. The Bertz CT molecular complexity index is 765. The van der Waals surface area contributed by atoms with Crippen LogP contribution in [0, 0.1) is 10.1 Å². The number of rotatable bonds is 7. The van der Waals surface area contributed by atoms with Crippen LogP contribution in [0.3, 0.4) is 0 Å². The quantitative estimate of drug-likeness (QED) is 0.598. The molecule has 0 spiro atoms. The number of anilines is 1. The maximum absolute atomic E-state index is 12.6. The van der Waals surface area contributed by atoms with E-state index in [2.05, 4.69) is 5.32 Å². The number of nitrogens with one attached hydrogen (secondary N) is 1. The number of hydrogen-bond donors (Lipinski definition) is 1. The third-order valence-electron chi connectivity index (χ3n) is 3.96. The second-order valence-corrected chi connectivity index (χ2v) is 5.49. The number of hydrogen-bond acceptors (Lipinski definition) is 4. The average molecular weight is 342 g/mol. The third-order valence-corrected chi connectivity index (χ3v) is 3.96. The van der Waals surface area contributed by atoms with Crippen molar-refractivity contribution in [1.29, 1.82) is 0 Å². The summed E-state index contributed by atoms with van der Waals surface area (Å²) in [5.74, 6) is -0.214. The van der Waals surface area contributed by atoms with Crippen molar-refractivity contribution < 1.29 is 14.5 Å². The molecule has 0 heterocycles. The summed E-state index contributed by atoms with van der Waals surface area (Å²) in [7, 11) is 0. The molecule has 0 radical (unpaired) electrons. The third kappa shape index (κ3) is 4.15. The highest BCUT2D eigenvalue weighted by atomic mass is 16.6. The summed E-state index contributed by atoms with van der Waals surface area (Å²) in [4.78, 5) is 23.3. The van der Waals surface area contributed by atoms with Crippen LogP contribution in [0.15, 0.2) is 36.4 Å². The molecule has 0 bridgehead atoms. The maximum Gasteiger partial charge on any atom is 0.311 e. The first-order chi connectivity index (χ1) is 12.0. The Morgan fingerprint density at radius 1 is 1.12 bits per heavy atom. The summed E-state index contributed by atoms with van der Waals surface area (Å²) in [5, 5.41) is 14.1. The number of nitro groups is 1. The molecular formula is C19H22N2O4. The van der Waals surface area contributed by atoms with E-state index in [0.29, 0.717) is 6.61 Å². The maximum atomic E-state index is 12.6. The van der Waals surface area contributed by atoms with Crippen LogP contribution >= 0.6 is 0 Å². The Balaban J connectivity index is 2.36. The fourth-order valence-electron chi connectivity index (χ4n) is 2.67. The van der Waals surface area contributed by atoms with E-state index in [4.69, 9.17) is 4.74 Å². The van der Waals surface area contributed by atoms with Gasteiger partial charge in [-0.3, -0.25) is 14.9 Å². The Kier molecular flexibility index (Phi) is 6.11. The van der Waals surface area contributed by atoms with Crippen LogP contribution in [0.4, 0.5) is 11.4 Å². The van der Waals surface area contributed by atoms with Crippen molar-refractivity contribution in [3.8, 4) is 5.75 Å². The SMILES string of the molecule is CCOc1ccc(C(=O)Nc2c(CC)cccc2CC)cc1[N+](=O)[O-]. The molecule has 0 aromatic heterocycles. The van der Waals surface area contributed by atoms with Gasteiger partial charge in [0.25, 0.3) is 5.91 Å². The summed E-state index contributed by atoms with van der Waals surface area (Å²) in [6, 6.07) is 10.1. The molecule has 1 amide bonds. The number of aryl methyl sites for hydroxylation is 2. The lowest BCUT2D eigenvalue weighted by Crippen LogP contribution is -2.15. The molecule has 132 valence electrons. The fraction of sp³-hybridized carbons (Fsp3) is 0.316. The zero-order valence-electron chi connectivity index (χ0n) is 14.7. The molecule has 0 aliphatic heterocycles. The van der Waals surface area contributed by atoms with Crippen LogP contribution in [-0.2, 0) is 12.8 Å². The molecule has 2 aromatic rings. The lowest BCUT2D eigenvalue weighted by molar-refractivity contribution is -0.385. The highest BCUT2D eigenvalue weighted by Gasteiger charge is 2.19. The van der Waals surface area contributed by atoms with E-state index in [0.717, 1.165) is 29.7 Å². The second kappa shape index (κ2) is 8.28. The summed E-state index contributed by atoms with van der Waals surface area (Å²) in [6.07, 6.45) is 1.57. The zero-order valence-corrected chi connectivity index (χ0v) is 14.7. The first kappa shape index (κ1) is 18.4. The number of benzene rings is 2. The van der Waals surface area contributed by atoms with Crippen molar-refractivity contribution in [3.63, 3.8) is 0 Å². The lowest BCUT2D eigenvalue weighted by Gasteiger charge is -2.14. The molecule has 0 saturated carbocycles. The fourth-order valence-corrected chi connectivity index (χ4v) is 2.67. The Morgan fingerprint density at radius 3 is 2.28 bits per heavy atom. The average Bonchev–Trinajstić information content (AvgIpc) is 2.62. The highest BCUT2D eigenvalue weighted by molar-refractivity contribution is 6.05. The summed E-state index contributed by atoms with van der Waals surface area (Å²) in [6.45, 7) is 6.10. The predicted molar refractivity (Wildman–Crippen MR) is 97.4 cm³/mol. The first-order valence-electron chi connectivity index (χ1n) is 8.35. The van der Waals surface area contributed by atoms with Crippen molar-refractivity contribution in [2.75, 3.05) is 11.9 Å². The van der Waals surface area contributed by atoms with Gasteiger partial charge < -0.3 is 10.1 Å². The van der Waals surface area contributed by atoms with Crippen molar-refractivity contribution in [2.45, 2.75) is 33.6 Å². The van der Waals surface area contributed by atoms with E-state index in [1.165, 1.54) is 18.2 Å². The minimum atomic E-state index is -0.542. The Morgan fingerprint density at radius 2 is 1.76 bits per heavy atom. The van der Waals surface area contributed by atoms with E-state index in [1.54, 1.807) is 6.92 Å². The lowest BCUT2D eigenvalue weighted by atomic mass is 10.0. The Hall–Kier alpha value is -2.89. The van der Waals surface area contributed by atoms with E-state index in [9.17, 15) is 14.9 Å². The van der Waals surface area contributed by atoms with Gasteiger partial charge in [0, 0.05) is 17.3 Å². The molecule has 0 unspecified atom stereocenters. The minimum absolute atomic E-state index is 0.159. The van der Waals surface area contributed by atoms with Crippen LogP contribution < -0.4 is 10.1 Å². The molecule has 2 rings (SSSR count). The molecule has 25 heavy (non-hydrogen) atoms. The molecule has 0 aliphatic carbocycles. The van der Waals surface area contributed by atoms with Crippen LogP contribution in [0.1, 0.15) is 42.3 Å². The highest BCUT2D eigenvalue weighted by Crippen LogP contribution is 2.29. The van der Waals surface area contributed by atoms with Crippen LogP contribution in [0.25, 0.3) is 0 Å². The number of para-hydroxylation sites is 1. The number of amides is 1. The number of nitro benzene ring substituents is 1. The van der Waals surface area contributed by atoms with Gasteiger partial charge in [-0.25, -0.2) is 0 Å². The van der Waals surface area contributed by atoms with Crippen molar-refractivity contribution >= 4 is 17.3 Å². The van der Waals surface area contributed by atoms with Gasteiger partial charge in [-0.05, 0) is 43.0 Å². The van der Waals surface area contributed by atoms with Gasteiger partial charge in [-0.2, -0.15) is 0 Å². The van der Waals surface area contributed by atoms with Gasteiger partial charge >= 0.3 is 5.69 Å². The van der Waals surface area contributed by atoms with E-state index < -0.39 is 4.92 Å². The van der Waals surface area contributed by atoms with Crippen molar-refractivity contribution in [2.24, 2.45) is 0 Å². The van der Waals surface area contributed by atoms with E-state index in [-0.39, 0.29) is 22.9 Å². The summed E-state index contributed by atoms with van der Waals surface area (Å²) >= 11 is 0. The van der Waals surface area contributed by atoms with Crippen LogP contribution in [0.2, 0.25) is 0 Å².